The summed E-state index contributed by atoms with van der Waals surface area (Å²) in [4.78, 5) is 13.8. The molecule has 1 heterocycles. The molecule has 100 valence electrons. The molecule has 0 saturated carbocycles. The summed E-state index contributed by atoms with van der Waals surface area (Å²) in [7, 11) is 0. The van der Waals surface area contributed by atoms with Crippen molar-refractivity contribution in [3.63, 3.8) is 0 Å². The molecule has 1 saturated heterocycles. The number of carbonyl (C=O) groups is 1. The highest BCUT2D eigenvalue weighted by Gasteiger charge is 2.34. The third-order valence-electron chi connectivity index (χ3n) is 3.18. The summed E-state index contributed by atoms with van der Waals surface area (Å²) in [5, 5.41) is 0. The molecule has 1 amide bonds. The van der Waals surface area contributed by atoms with Crippen LogP contribution in [0.5, 0.6) is 0 Å². The number of hydrogen-bond acceptors (Lipinski definition) is 3. The maximum Gasteiger partial charge on any atom is 0.410 e. The number of piperidine rings is 1. The number of likely N-dealkylation sites (tertiary alicyclic amines) is 1. The molecule has 0 radical (unpaired) electrons. The van der Waals surface area contributed by atoms with Crippen LogP contribution >= 0.6 is 0 Å². The molecule has 1 aliphatic heterocycles. The Hall–Kier alpha value is -0.770. The molecule has 1 unspecified atom stereocenters. The first kappa shape index (κ1) is 14.3. The van der Waals surface area contributed by atoms with Crippen molar-refractivity contribution in [2.75, 3.05) is 19.6 Å². The lowest BCUT2D eigenvalue weighted by Crippen LogP contribution is -2.47. The lowest BCUT2D eigenvalue weighted by atomic mass is 9.79. The van der Waals surface area contributed by atoms with Crippen LogP contribution in [-0.4, -0.2) is 36.2 Å². The van der Waals surface area contributed by atoms with Crippen LogP contribution in [0.1, 0.15) is 47.0 Å². The predicted molar refractivity (Wildman–Crippen MR) is 68.8 cm³/mol. The highest BCUT2D eigenvalue weighted by Crippen LogP contribution is 2.32. The van der Waals surface area contributed by atoms with Crippen molar-refractivity contribution < 1.29 is 9.53 Å². The Morgan fingerprint density at radius 2 is 2.12 bits per heavy atom. The number of carbonyl (C=O) groups excluding carboxylic acids is 1. The zero-order valence-electron chi connectivity index (χ0n) is 11.6. The van der Waals surface area contributed by atoms with Crippen LogP contribution < -0.4 is 5.73 Å². The zero-order valence-corrected chi connectivity index (χ0v) is 11.6. The van der Waals surface area contributed by atoms with Gasteiger partial charge < -0.3 is 15.4 Å². The Kier molecular flexibility index (Phi) is 4.42. The summed E-state index contributed by atoms with van der Waals surface area (Å²) >= 11 is 0. The van der Waals surface area contributed by atoms with E-state index in [0.29, 0.717) is 6.54 Å². The second-order valence-electron chi connectivity index (χ2n) is 6.35. The van der Waals surface area contributed by atoms with Gasteiger partial charge in [0.1, 0.15) is 5.60 Å². The summed E-state index contributed by atoms with van der Waals surface area (Å²) in [5.41, 5.74) is 5.37. The van der Waals surface area contributed by atoms with E-state index in [2.05, 4.69) is 6.92 Å². The van der Waals surface area contributed by atoms with Crippen molar-refractivity contribution in [2.24, 2.45) is 11.1 Å². The Bertz CT molecular complexity index is 269. The molecule has 4 nitrogen and oxygen atoms in total. The van der Waals surface area contributed by atoms with E-state index in [1.54, 1.807) is 0 Å². The molecule has 2 N–H and O–H groups in total. The maximum atomic E-state index is 12.0. The van der Waals surface area contributed by atoms with E-state index in [-0.39, 0.29) is 11.5 Å². The highest BCUT2D eigenvalue weighted by atomic mass is 16.6. The molecule has 4 heteroatoms. The van der Waals surface area contributed by atoms with Crippen molar-refractivity contribution in [2.45, 2.75) is 52.6 Å². The molecule has 0 spiro atoms. The highest BCUT2D eigenvalue weighted by molar-refractivity contribution is 5.68. The van der Waals surface area contributed by atoms with Gasteiger partial charge >= 0.3 is 6.09 Å². The first-order chi connectivity index (χ1) is 7.76. The van der Waals surface area contributed by atoms with E-state index in [4.69, 9.17) is 10.5 Å². The fourth-order valence-electron chi connectivity index (χ4n) is 2.35. The molecule has 1 aliphatic rings. The molecule has 1 atom stereocenters. The molecule has 0 aromatic heterocycles. The van der Waals surface area contributed by atoms with E-state index in [9.17, 15) is 4.79 Å². The Morgan fingerprint density at radius 3 is 2.65 bits per heavy atom. The Balaban J connectivity index is 2.57. The third kappa shape index (κ3) is 4.54. The molecule has 0 aromatic carbocycles. The number of nitrogens with zero attached hydrogens (tertiary/aromatic N) is 1. The van der Waals surface area contributed by atoms with Crippen LogP contribution in [-0.2, 0) is 4.74 Å². The lowest BCUT2D eigenvalue weighted by Gasteiger charge is -2.40. The Labute approximate surface area is 104 Å². The third-order valence-corrected chi connectivity index (χ3v) is 3.18. The van der Waals surface area contributed by atoms with Gasteiger partial charge in [0, 0.05) is 13.1 Å². The summed E-state index contributed by atoms with van der Waals surface area (Å²) in [6, 6.07) is 0. The van der Waals surface area contributed by atoms with E-state index >= 15 is 0 Å². The molecule has 0 aliphatic carbocycles. The molecule has 1 fully saturated rings. The fourth-order valence-corrected chi connectivity index (χ4v) is 2.35. The molecule has 0 aromatic rings. The molecule has 1 rings (SSSR count). The van der Waals surface area contributed by atoms with E-state index in [1.165, 1.54) is 0 Å². The van der Waals surface area contributed by atoms with Gasteiger partial charge in [-0.15, -0.1) is 0 Å². The monoisotopic (exact) mass is 242 g/mol. The van der Waals surface area contributed by atoms with Gasteiger partial charge in [0.2, 0.25) is 0 Å². The normalized spacial score (nSPS) is 25.8. The SMILES string of the molecule is CC1(CCN)CCCN(C(=O)OC(C)(C)C)C1. The van der Waals surface area contributed by atoms with Gasteiger partial charge in [-0.1, -0.05) is 6.92 Å². The fraction of sp³-hybridized carbons (Fsp3) is 0.923. The van der Waals surface area contributed by atoms with Gasteiger partial charge in [-0.05, 0) is 52.0 Å². The number of ether oxygens (including phenoxy) is 1. The van der Waals surface area contributed by atoms with Crippen molar-refractivity contribution in [3.8, 4) is 0 Å². The van der Waals surface area contributed by atoms with Gasteiger partial charge in [0.25, 0.3) is 0 Å². The van der Waals surface area contributed by atoms with Gasteiger partial charge in [-0.2, -0.15) is 0 Å². The smallest absolute Gasteiger partial charge is 0.410 e. The van der Waals surface area contributed by atoms with Gasteiger partial charge in [-0.25, -0.2) is 4.79 Å². The van der Waals surface area contributed by atoms with Crippen LogP contribution in [0.2, 0.25) is 0 Å². The first-order valence-corrected chi connectivity index (χ1v) is 6.44. The Morgan fingerprint density at radius 1 is 1.47 bits per heavy atom. The predicted octanol–water partition coefficient (Wildman–Crippen LogP) is 2.37. The molecule has 0 bridgehead atoms. The van der Waals surface area contributed by atoms with Gasteiger partial charge in [-0.3, -0.25) is 0 Å². The molecule has 17 heavy (non-hydrogen) atoms. The van der Waals surface area contributed by atoms with Crippen molar-refractivity contribution >= 4 is 6.09 Å². The summed E-state index contributed by atoms with van der Waals surface area (Å²) in [5.74, 6) is 0. The topological polar surface area (TPSA) is 55.6 Å². The van der Waals surface area contributed by atoms with Crippen LogP contribution in [0.3, 0.4) is 0 Å². The minimum atomic E-state index is -0.418. The molecular weight excluding hydrogens is 216 g/mol. The maximum absolute atomic E-state index is 12.0. The lowest BCUT2D eigenvalue weighted by molar-refractivity contribution is 0.00582. The van der Waals surface area contributed by atoms with Crippen LogP contribution in [0, 0.1) is 5.41 Å². The minimum Gasteiger partial charge on any atom is -0.444 e. The van der Waals surface area contributed by atoms with E-state index < -0.39 is 5.60 Å². The second-order valence-corrected chi connectivity index (χ2v) is 6.35. The van der Waals surface area contributed by atoms with Crippen molar-refractivity contribution in [1.82, 2.24) is 4.90 Å². The van der Waals surface area contributed by atoms with Crippen molar-refractivity contribution in [3.05, 3.63) is 0 Å². The number of nitrogens with two attached hydrogens (primary N) is 1. The van der Waals surface area contributed by atoms with Gasteiger partial charge in [0.05, 0.1) is 0 Å². The van der Waals surface area contributed by atoms with E-state index in [1.807, 2.05) is 25.7 Å². The van der Waals surface area contributed by atoms with Crippen LogP contribution in [0.25, 0.3) is 0 Å². The number of rotatable bonds is 2. The zero-order chi connectivity index (χ0) is 13.1. The van der Waals surface area contributed by atoms with Crippen LogP contribution in [0.15, 0.2) is 0 Å². The largest absolute Gasteiger partial charge is 0.444 e. The van der Waals surface area contributed by atoms with Gasteiger partial charge in [0.15, 0.2) is 0 Å². The number of amides is 1. The minimum absolute atomic E-state index is 0.157. The standard InChI is InChI=1S/C13H26N2O2/c1-12(2,3)17-11(16)15-9-5-6-13(4,10-15)7-8-14/h5-10,14H2,1-4H3. The van der Waals surface area contributed by atoms with Crippen molar-refractivity contribution in [1.29, 1.82) is 0 Å². The summed E-state index contributed by atoms with van der Waals surface area (Å²) < 4.78 is 5.40. The first-order valence-electron chi connectivity index (χ1n) is 6.44. The van der Waals surface area contributed by atoms with Crippen LogP contribution in [0.4, 0.5) is 4.79 Å². The average molecular weight is 242 g/mol. The summed E-state index contributed by atoms with van der Waals surface area (Å²) in [6.45, 7) is 10.1. The summed E-state index contributed by atoms with van der Waals surface area (Å²) in [6.07, 6.45) is 2.95. The second kappa shape index (κ2) is 5.25. The average Bonchev–Trinajstić information content (AvgIpc) is 2.14. The number of hydrogen-bond donors (Lipinski definition) is 1. The molecular formula is C13H26N2O2. The quantitative estimate of drug-likeness (QED) is 0.808. The van der Waals surface area contributed by atoms with E-state index in [0.717, 1.165) is 32.4 Å².